The fourth-order valence-corrected chi connectivity index (χ4v) is 2.42. The van der Waals surface area contributed by atoms with E-state index in [2.05, 4.69) is 10.3 Å². The van der Waals surface area contributed by atoms with Gasteiger partial charge in [0.05, 0.1) is 12.7 Å². The highest BCUT2D eigenvalue weighted by molar-refractivity contribution is 5.78. The third kappa shape index (κ3) is 8.03. The molecule has 1 fully saturated rings. The SMILES string of the molecule is CCOC(=O)N1CCC(NC(N)=NCCCC(=O)OC(C)C)CC1. The molecule has 1 aliphatic heterocycles. The Kier molecular flexibility index (Phi) is 8.96. The van der Waals surface area contributed by atoms with Crippen LogP contribution in [0.2, 0.25) is 0 Å². The number of piperidine rings is 1. The quantitative estimate of drug-likeness (QED) is 0.312. The molecule has 8 heteroatoms. The summed E-state index contributed by atoms with van der Waals surface area (Å²) in [6.45, 7) is 7.60. The van der Waals surface area contributed by atoms with Gasteiger partial charge in [0.15, 0.2) is 5.96 Å². The van der Waals surface area contributed by atoms with Crippen molar-refractivity contribution in [3.05, 3.63) is 0 Å². The third-order valence-electron chi connectivity index (χ3n) is 3.56. The number of carbonyl (C=O) groups excluding carboxylic acids is 2. The van der Waals surface area contributed by atoms with Gasteiger partial charge in [-0.25, -0.2) is 4.79 Å². The first-order chi connectivity index (χ1) is 11.4. The van der Waals surface area contributed by atoms with Gasteiger partial charge in [-0.05, 0) is 40.0 Å². The number of rotatable bonds is 7. The third-order valence-corrected chi connectivity index (χ3v) is 3.56. The highest BCUT2D eigenvalue weighted by Crippen LogP contribution is 2.11. The first-order valence-electron chi connectivity index (χ1n) is 8.60. The summed E-state index contributed by atoms with van der Waals surface area (Å²) in [5, 5.41) is 3.16. The van der Waals surface area contributed by atoms with E-state index in [1.807, 2.05) is 13.8 Å². The molecule has 0 unspecified atom stereocenters. The van der Waals surface area contributed by atoms with E-state index in [4.69, 9.17) is 15.2 Å². The van der Waals surface area contributed by atoms with Crippen LogP contribution in [0.3, 0.4) is 0 Å². The molecule has 138 valence electrons. The number of hydrogen-bond donors (Lipinski definition) is 2. The molecule has 0 atom stereocenters. The topological polar surface area (TPSA) is 106 Å². The number of esters is 1. The maximum atomic E-state index is 11.6. The number of nitrogens with two attached hydrogens (primary N) is 1. The molecule has 1 aliphatic rings. The van der Waals surface area contributed by atoms with Crippen LogP contribution < -0.4 is 11.1 Å². The van der Waals surface area contributed by atoms with Crippen molar-refractivity contribution in [2.24, 2.45) is 10.7 Å². The van der Waals surface area contributed by atoms with Crippen LogP contribution in [0.5, 0.6) is 0 Å². The Morgan fingerprint density at radius 3 is 2.58 bits per heavy atom. The molecule has 8 nitrogen and oxygen atoms in total. The summed E-state index contributed by atoms with van der Waals surface area (Å²) in [5.74, 6) is 0.167. The van der Waals surface area contributed by atoms with Gasteiger partial charge in [0.1, 0.15) is 0 Å². The van der Waals surface area contributed by atoms with Crippen molar-refractivity contribution in [2.75, 3.05) is 26.2 Å². The standard InChI is InChI=1S/C16H30N4O4/c1-4-23-16(22)20-10-7-13(8-11-20)19-15(17)18-9-5-6-14(21)24-12(2)3/h12-13H,4-11H2,1-3H3,(H3,17,18,19). The molecular weight excluding hydrogens is 312 g/mol. The number of likely N-dealkylation sites (tertiary alicyclic amines) is 1. The van der Waals surface area contributed by atoms with Crippen LogP contribution in [0.15, 0.2) is 4.99 Å². The predicted molar refractivity (Wildman–Crippen MR) is 91.7 cm³/mol. The summed E-state index contributed by atoms with van der Waals surface area (Å²) in [6.07, 6.45) is 2.20. The minimum absolute atomic E-state index is 0.0896. The van der Waals surface area contributed by atoms with Crippen LogP contribution in [0, 0.1) is 0 Å². The zero-order chi connectivity index (χ0) is 17.9. The minimum atomic E-state index is -0.258. The normalized spacial score (nSPS) is 16.2. The summed E-state index contributed by atoms with van der Waals surface area (Å²) in [5.41, 5.74) is 5.86. The van der Waals surface area contributed by atoms with Crippen molar-refractivity contribution in [1.82, 2.24) is 10.2 Å². The number of hydrogen-bond acceptors (Lipinski definition) is 5. The van der Waals surface area contributed by atoms with Gasteiger partial charge < -0.3 is 25.4 Å². The number of guanidine groups is 1. The summed E-state index contributed by atoms with van der Waals surface area (Å²) in [4.78, 5) is 28.9. The molecule has 0 aliphatic carbocycles. The van der Waals surface area contributed by atoms with Gasteiger partial charge in [-0.2, -0.15) is 0 Å². The van der Waals surface area contributed by atoms with Gasteiger partial charge in [0.25, 0.3) is 0 Å². The van der Waals surface area contributed by atoms with E-state index in [9.17, 15) is 9.59 Å². The van der Waals surface area contributed by atoms with Crippen LogP contribution in [0.1, 0.15) is 46.5 Å². The van der Waals surface area contributed by atoms with E-state index in [1.54, 1.807) is 11.8 Å². The Hall–Kier alpha value is -1.99. The van der Waals surface area contributed by atoms with Gasteiger partial charge in [-0.1, -0.05) is 0 Å². The number of nitrogens with zero attached hydrogens (tertiary/aromatic N) is 2. The van der Waals surface area contributed by atoms with E-state index < -0.39 is 0 Å². The van der Waals surface area contributed by atoms with Crippen molar-refractivity contribution in [3.8, 4) is 0 Å². The van der Waals surface area contributed by atoms with Crippen molar-refractivity contribution < 1.29 is 19.1 Å². The molecule has 1 amide bonds. The number of aliphatic imine (C=N–C) groups is 1. The maximum absolute atomic E-state index is 11.6. The van der Waals surface area contributed by atoms with E-state index in [0.29, 0.717) is 45.0 Å². The molecule has 1 rings (SSSR count). The van der Waals surface area contributed by atoms with Crippen molar-refractivity contribution in [3.63, 3.8) is 0 Å². The number of amides is 1. The Bertz CT molecular complexity index is 432. The van der Waals surface area contributed by atoms with Crippen molar-refractivity contribution >= 4 is 18.0 Å². The van der Waals surface area contributed by atoms with E-state index in [1.165, 1.54) is 0 Å². The maximum Gasteiger partial charge on any atom is 0.409 e. The smallest absolute Gasteiger partial charge is 0.409 e. The molecule has 0 aromatic heterocycles. The molecule has 0 saturated carbocycles. The Labute approximate surface area is 143 Å². The number of ether oxygens (including phenoxy) is 2. The van der Waals surface area contributed by atoms with Crippen molar-refractivity contribution in [2.45, 2.75) is 58.6 Å². The predicted octanol–water partition coefficient (Wildman–Crippen LogP) is 1.24. The van der Waals surface area contributed by atoms with E-state index in [0.717, 1.165) is 12.8 Å². The van der Waals surface area contributed by atoms with E-state index >= 15 is 0 Å². The zero-order valence-electron chi connectivity index (χ0n) is 14.9. The van der Waals surface area contributed by atoms with Crippen LogP contribution in [-0.4, -0.2) is 61.3 Å². The van der Waals surface area contributed by atoms with Gasteiger partial charge in [-0.15, -0.1) is 0 Å². The average Bonchev–Trinajstić information content (AvgIpc) is 2.52. The first kappa shape index (κ1) is 20.1. The second kappa shape index (κ2) is 10.7. The van der Waals surface area contributed by atoms with Crippen LogP contribution in [0.25, 0.3) is 0 Å². The Morgan fingerprint density at radius 2 is 2.00 bits per heavy atom. The second-order valence-corrected chi connectivity index (χ2v) is 6.01. The lowest BCUT2D eigenvalue weighted by Gasteiger charge is -2.31. The monoisotopic (exact) mass is 342 g/mol. The summed E-state index contributed by atoms with van der Waals surface area (Å²) in [6, 6.07) is 0.199. The highest BCUT2D eigenvalue weighted by atomic mass is 16.6. The van der Waals surface area contributed by atoms with Gasteiger partial charge in [0.2, 0.25) is 0 Å². The number of carbonyl (C=O) groups is 2. The molecule has 1 saturated heterocycles. The fraction of sp³-hybridized carbons (Fsp3) is 0.812. The second-order valence-electron chi connectivity index (χ2n) is 6.01. The molecule has 24 heavy (non-hydrogen) atoms. The fourth-order valence-electron chi connectivity index (χ4n) is 2.42. The zero-order valence-corrected chi connectivity index (χ0v) is 14.9. The molecule has 1 heterocycles. The molecule has 0 spiro atoms. The lowest BCUT2D eigenvalue weighted by atomic mass is 10.1. The number of nitrogens with one attached hydrogen (secondary N) is 1. The van der Waals surface area contributed by atoms with Crippen LogP contribution in [0.4, 0.5) is 4.79 Å². The Balaban J connectivity index is 2.20. The van der Waals surface area contributed by atoms with Crippen molar-refractivity contribution in [1.29, 1.82) is 0 Å². The average molecular weight is 342 g/mol. The molecule has 0 aromatic rings. The summed E-state index contributed by atoms with van der Waals surface area (Å²) >= 11 is 0. The molecule has 3 N–H and O–H groups in total. The van der Waals surface area contributed by atoms with Gasteiger partial charge >= 0.3 is 12.1 Å². The van der Waals surface area contributed by atoms with Crippen LogP contribution in [-0.2, 0) is 14.3 Å². The molecular formula is C16H30N4O4. The molecule has 0 bridgehead atoms. The lowest BCUT2D eigenvalue weighted by Crippen LogP contribution is -2.48. The first-order valence-corrected chi connectivity index (χ1v) is 8.60. The van der Waals surface area contributed by atoms with E-state index in [-0.39, 0.29) is 24.2 Å². The van der Waals surface area contributed by atoms with Crippen LogP contribution >= 0.6 is 0 Å². The largest absolute Gasteiger partial charge is 0.463 e. The molecule has 0 radical (unpaired) electrons. The van der Waals surface area contributed by atoms with Gasteiger partial charge in [-0.3, -0.25) is 9.79 Å². The highest BCUT2D eigenvalue weighted by Gasteiger charge is 2.23. The van der Waals surface area contributed by atoms with Gasteiger partial charge in [0, 0.05) is 32.1 Å². The lowest BCUT2D eigenvalue weighted by molar-refractivity contribution is -0.147. The minimum Gasteiger partial charge on any atom is -0.463 e. The Morgan fingerprint density at radius 1 is 1.33 bits per heavy atom. The summed E-state index contributed by atoms with van der Waals surface area (Å²) < 4.78 is 10.0. The summed E-state index contributed by atoms with van der Waals surface area (Å²) in [7, 11) is 0. The molecule has 0 aromatic carbocycles.